The van der Waals surface area contributed by atoms with Crippen molar-refractivity contribution in [1.82, 2.24) is 0 Å². The van der Waals surface area contributed by atoms with Crippen molar-refractivity contribution in [2.75, 3.05) is 10.0 Å². The molecule has 0 aromatic heterocycles. The van der Waals surface area contributed by atoms with Gasteiger partial charge in [-0.15, -0.1) is 0 Å². The highest BCUT2D eigenvalue weighted by molar-refractivity contribution is 7.92. The highest BCUT2D eigenvalue weighted by Crippen LogP contribution is 2.23. The molecule has 23 heavy (non-hydrogen) atoms. The van der Waals surface area contributed by atoms with Crippen molar-refractivity contribution in [3.63, 3.8) is 0 Å². The van der Waals surface area contributed by atoms with E-state index in [1.807, 2.05) is 4.72 Å². The van der Waals surface area contributed by atoms with E-state index in [9.17, 15) is 26.4 Å². The summed E-state index contributed by atoms with van der Waals surface area (Å²) in [5.41, 5.74) is -0.317. The Morgan fingerprint density at radius 3 is 2.17 bits per heavy atom. The van der Waals surface area contributed by atoms with Crippen LogP contribution >= 0.6 is 0 Å². The van der Waals surface area contributed by atoms with Gasteiger partial charge in [-0.1, -0.05) is 0 Å². The summed E-state index contributed by atoms with van der Waals surface area (Å²) in [4.78, 5) is 10.3. The molecule has 1 amide bonds. The molecular formula is C14H11F3N2O3S. The Morgan fingerprint density at radius 1 is 1.00 bits per heavy atom. The van der Waals surface area contributed by atoms with E-state index < -0.39 is 44.0 Å². The molecule has 2 rings (SSSR count). The first kappa shape index (κ1) is 16.8. The summed E-state index contributed by atoms with van der Waals surface area (Å²) in [5.74, 6) is -3.52. The number of carbonyl (C=O) groups is 1. The summed E-state index contributed by atoms with van der Waals surface area (Å²) >= 11 is 0. The van der Waals surface area contributed by atoms with Crippen LogP contribution < -0.4 is 10.0 Å². The number of hydrogen-bond acceptors (Lipinski definition) is 3. The van der Waals surface area contributed by atoms with Gasteiger partial charge in [0.25, 0.3) is 10.0 Å². The Balaban J connectivity index is 2.38. The fraction of sp³-hybridized carbons (Fsp3) is 0.0714. The normalized spacial score (nSPS) is 11.1. The molecular weight excluding hydrogens is 333 g/mol. The number of amides is 1. The number of sulfonamides is 1. The molecule has 0 saturated carbocycles. The van der Waals surface area contributed by atoms with Crippen molar-refractivity contribution in [2.45, 2.75) is 11.8 Å². The monoisotopic (exact) mass is 344 g/mol. The summed E-state index contributed by atoms with van der Waals surface area (Å²) in [6.07, 6.45) is 0. The molecule has 0 spiro atoms. The molecule has 122 valence electrons. The van der Waals surface area contributed by atoms with Gasteiger partial charge in [-0.3, -0.25) is 9.52 Å². The van der Waals surface area contributed by atoms with Crippen LogP contribution in [0.2, 0.25) is 0 Å². The molecule has 5 nitrogen and oxygen atoms in total. The van der Waals surface area contributed by atoms with Crippen LogP contribution in [-0.2, 0) is 14.8 Å². The molecule has 0 fully saturated rings. The molecule has 2 aromatic carbocycles. The van der Waals surface area contributed by atoms with E-state index in [-0.39, 0.29) is 5.69 Å². The third-order valence-corrected chi connectivity index (χ3v) is 4.02. The van der Waals surface area contributed by atoms with E-state index in [1.54, 1.807) is 0 Å². The molecule has 9 heteroatoms. The Kier molecular flexibility index (Phi) is 4.60. The fourth-order valence-corrected chi connectivity index (χ4v) is 2.87. The van der Waals surface area contributed by atoms with Crippen molar-refractivity contribution in [3.05, 3.63) is 53.8 Å². The third kappa shape index (κ3) is 4.22. The minimum absolute atomic E-state index is 0.155. The van der Waals surface area contributed by atoms with E-state index in [2.05, 4.69) is 5.32 Å². The third-order valence-electron chi connectivity index (χ3n) is 2.68. The van der Waals surface area contributed by atoms with Gasteiger partial charge in [0.15, 0.2) is 0 Å². The van der Waals surface area contributed by atoms with Gasteiger partial charge in [-0.2, -0.15) is 0 Å². The molecule has 0 aliphatic rings. The Morgan fingerprint density at radius 2 is 1.61 bits per heavy atom. The maximum Gasteiger partial charge on any atom is 0.262 e. The smallest absolute Gasteiger partial charge is 0.262 e. The standard InChI is InChI=1S/C14H11F3N2O3S/c1-8(20)18-11-2-3-13(17)14(7-11)19-23(21,22)12-5-9(15)4-10(16)6-12/h2-7,19H,1H3,(H,18,20). The molecule has 0 heterocycles. The molecule has 0 saturated heterocycles. The maximum atomic E-state index is 13.7. The zero-order chi connectivity index (χ0) is 17.2. The van der Waals surface area contributed by atoms with Crippen LogP contribution in [0.3, 0.4) is 0 Å². The lowest BCUT2D eigenvalue weighted by Gasteiger charge is -2.11. The van der Waals surface area contributed by atoms with E-state index in [4.69, 9.17) is 0 Å². The van der Waals surface area contributed by atoms with Crippen molar-refractivity contribution in [3.8, 4) is 0 Å². The lowest BCUT2D eigenvalue weighted by molar-refractivity contribution is -0.114. The van der Waals surface area contributed by atoms with E-state index in [0.717, 1.165) is 12.1 Å². The molecule has 0 bridgehead atoms. The average molecular weight is 344 g/mol. The minimum Gasteiger partial charge on any atom is -0.326 e. The first-order valence-electron chi connectivity index (χ1n) is 6.23. The van der Waals surface area contributed by atoms with Crippen LogP contribution in [0.15, 0.2) is 41.3 Å². The number of halogens is 3. The van der Waals surface area contributed by atoms with E-state index in [1.165, 1.54) is 13.0 Å². The molecule has 2 N–H and O–H groups in total. The summed E-state index contributed by atoms with van der Waals surface area (Å²) in [5, 5.41) is 2.36. The maximum absolute atomic E-state index is 13.7. The van der Waals surface area contributed by atoms with Gasteiger partial charge in [-0.25, -0.2) is 21.6 Å². The second-order valence-corrected chi connectivity index (χ2v) is 6.27. The summed E-state index contributed by atoms with van der Waals surface area (Å²) in [7, 11) is -4.41. The van der Waals surface area contributed by atoms with Gasteiger partial charge in [0, 0.05) is 18.7 Å². The number of hydrogen-bond donors (Lipinski definition) is 2. The highest BCUT2D eigenvalue weighted by atomic mass is 32.2. The van der Waals surface area contributed by atoms with Crippen LogP contribution in [-0.4, -0.2) is 14.3 Å². The summed E-state index contributed by atoms with van der Waals surface area (Å²) in [6, 6.07) is 4.93. The first-order valence-corrected chi connectivity index (χ1v) is 7.72. The fourth-order valence-electron chi connectivity index (χ4n) is 1.77. The highest BCUT2D eigenvalue weighted by Gasteiger charge is 2.19. The Bertz CT molecular complexity index is 849. The van der Waals surface area contributed by atoms with Crippen LogP contribution in [0.25, 0.3) is 0 Å². The summed E-state index contributed by atoms with van der Waals surface area (Å²) in [6.45, 7) is 1.22. The SMILES string of the molecule is CC(=O)Nc1ccc(F)c(NS(=O)(=O)c2cc(F)cc(F)c2)c1. The predicted molar refractivity (Wildman–Crippen MR) is 77.9 cm³/mol. The zero-order valence-electron chi connectivity index (χ0n) is 11.7. The quantitative estimate of drug-likeness (QED) is 0.895. The first-order chi connectivity index (χ1) is 10.7. The molecule has 2 aromatic rings. The van der Waals surface area contributed by atoms with Crippen LogP contribution in [0.5, 0.6) is 0 Å². The van der Waals surface area contributed by atoms with Gasteiger partial charge >= 0.3 is 0 Å². The molecule has 0 radical (unpaired) electrons. The average Bonchev–Trinajstić information content (AvgIpc) is 2.40. The number of nitrogens with one attached hydrogen (secondary N) is 2. The molecule has 0 atom stereocenters. The zero-order valence-corrected chi connectivity index (χ0v) is 12.5. The molecule has 0 aliphatic heterocycles. The number of rotatable bonds is 4. The lowest BCUT2D eigenvalue weighted by Crippen LogP contribution is -2.15. The van der Waals surface area contributed by atoms with E-state index in [0.29, 0.717) is 18.2 Å². The summed E-state index contributed by atoms with van der Waals surface area (Å²) < 4.78 is 66.1. The topological polar surface area (TPSA) is 75.3 Å². The predicted octanol–water partition coefficient (Wildman–Crippen LogP) is 2.86. The molecule has 0 aliphatic carbocycles. The largest absolute Gasteiger partial charge is 0.326 e. The van der Waals surface area contributed by atoms with Gasteiger partial charge in [0.05, 0.1) is 10.6 Å². The van der Waals surface area contributed by atoms with E-state index >= 15 is 0 Å². The van der Waals surface area contributed by atoms with Gasteiger partial charge in [0.1, 0.15) is 17.5 Å². The van der Waals surface area contributed by atoms with Gasteiger partial charge < -0.3 is 5.32 Å². The lowest BCUT2D eigenvalue weighted by atomic mass is 10.2. The van der Waals surface area contributed by atoms with Crippen molar-refractivity contribution in [1.29, 1.82) is 0 Å². The Hall–Kier alpha value is -2.55. The van der Waals surface area contributed by atoms with Crippen LogP contribution in [0.1, 0.15) is 6.92 Å². The molecule has 0 unspecified atom stereocenters. The minimum atomic E-state index is -4.41. The van der Waals surface area contributed by atoms with Crippen molar-refractivity contribution < 1.29 is 26.4 Å². The van der Waals surface area contributed by atoms with Crippen molar-refractivity contribution in [2.24, 2.45) is 0 Å². The number of anilines is 2. The van der Waals surface area contributed by atoms with Gasteiger partial charge in [0.2, 0.25) is 5.91 Å². The number of benzene rings is 2. The Labute approximate surface area is 130 Å². The van der Waals surface area contributed by atoms with Gasteiger partial charge in [-0.05, 0) is 30.3 Å². The second-order valence-electron chi connectivity index (χ2n) is 4.59. The second kappa shape index (κ2) is 6.29. The van der Waals surface area contributed by atoms with Crippen LogP contribution in [0, 0.1) is 17.5 Å². The number of carbonyl (C=O) groups excluding carboxylic acids is 1. The van der Waals surface area contributed by atoms with Crippen LogP contribution in [0.4, 0.5) is 24.5 Å². The van der Waals surface area contributed by atoms with Crippen molar-refractivity contribution >= 4 is 27.3 Å².